The number of aliphatic imine (C=N–C) groups is 2. The Morgan fingerprint density at radius 1 is 0.758 bits per heavy atom. The molecule has 2 aromatic carbocycles. The predicted octanol–water partition coefficient (Wildman–Crippen LogP) is 3.88. The van der Waals surface area contributed by atoms with Crippen molar-refractivity contribution in [1.29, 1.82) is 0 Å². The number of hydrazine groups is 1. The van der Waals surface area contributed by atoms with Crippen LogP contribution >= 0.6 is 0 Å². The minimum absolute atomic E-state index is 0. The van der Waals surface area contributed by atoms with Crippen LogP contribution in [0.2, 0.25) is 0 Å². The summed E-state index contributed by atoms with van der Waals surface area (Å²) in [6.45, 7) is 11.8. The summed E-state index contributed by atoms with van der Waals surface area (Å²) in [4.78, 5) is 41.1. The molecule has 0 bridgehead atoms. The molecule has 24 heteroatoms. The van der Waals surface area contributed by atoms with E-state index in [0.29, 0.717) is 32.1 Å². The van der Waals surface area contributed by atoms with Gasteiger partial charge in [-0.15, -0.1) is 0 Å². The van der Waals surface area contributed by atoms with Gasteiger partial charge in [0.05, 0.1) is 16.3 Å². The Morgan fingerprint density at radius 3 is 1.62 bits per heavy atom. The van der Waals surface area contributed by atoms with E-state index in [9.17, 15) is 16.8 Å². The van der Waals surface area contributed by atoms with E-state index in [1.807, 2.05) is 31.1 Å². The van der Waals surface area contributed by atoms with Gasteiger partial charge in [0, 0.05) is 110 Å². The number of carboxylic acids is 2. The first-order valence-electron chi connectivity index (χ1n) is 21.6. The van der Waals surface area contributed by atoms with E-state index >= 15 is 0 Å². The fraction of sp³-hybridized carbons (Fsp3) is 0.595. The van der Waals surface area contributed by atoms with Crippen molar-refractivity contribution in [3.8, 4) is 0 Å². The Bertz CT molecular complexity index is 2090. The fourth-order valence-corrected chi connectivity index (χ4v) is 9.76. The molecular weight excluding hydrogens is 948 g/mol. The van der Waals surface area contributed by atoms with E-state index < -0.39 is 32.0 Å². The molecule has 3 heterocycles. The number of hydrazone groups is 1. The Balaban J connectivity index is 0.000000499. The minimum Gasteiger partial charge on any atom is -0.481 e. The molecule has 3 aliphatic heterocycles. The predicted molar refractivity (Wildman–Crippen MR) is 250 cm³/mol. The van der Waals surface area contributed by atoms with E-state index in [4.69, 9.17) is 45.9 Å². The average molecular weight is 1020 g/mol. The van der Waals surface area contributed by atoms with E-state index in [1.165, 1.54) is 51.4 Å². The molecule has 7 rings (SSSR count). The van der Waals surface area contributed by atoms with Gasteiger partial charge in [-0.2, -0.15) is 5.10 Å². The molecule has 2 saturated carbocycles. The van der Waals surface area contributed by atoms with Crippen LogP contribution in [0.5, 0.6) is 0 Å². The third-order valence-electron chi connectivity index (χ3n) is 10.6. The number of hydrogen-bond donors (Lipinski definition) is 7. The first-order chi connectivity index (χ1) is 30.9. The third-order valence-corrected chi connectivity index (χ3v) is 13.3. The summed E-state index contributed by atoms with van der Waals surface area (Å²) < 4.78 is 61.2. The van der Waals surface area contributed by atoms with Crippen LogP contribution in [-0.4, -0.2) is 113 Å². The van der Waals surface area contributed by atoms with Crippen molar-refractivity contribution in [3.05, 3.63) is 69.6 Å². The minimum atomic E-state index is -3.74. The van der Waals surface area contributed by atoms with E-state index in [2.05, 4.69) is 30.0 Å². The Hall–Kier alpha value is -4.55. The van der Waals surface area contributed by atoms with Gasteiger partial charge >= 0.3 is 0 Å². The quantitative estimate of drug-likeness (QED) is 0.112. The van der Waals surface area contributed by atoms with Gasteiger partial charge in [-0.05, 0) is 87.8 Å². The number of hydrogen-bond acceptors (Lipinski definition) is 15. The largest absolute Gasteiger partial charge is 0.481 e. The summed E-state index contributed by atoms with van der Waals surface area (Å²) in [5.41, 5.74) is 16.4. The molecule has 0 unspecified atom stereocenters. The van der Waals surface area contributed by atoms with Crippen LogP contribution in [0.25, 0.3) is 0 Å². The van der Waals surface area contributed by atoms with Gasteiger partial charge in [0.2, 0.25) is 11.9 Å². The molecular formula is C42H68CuN10O11S2. The normalized spacial score (nSPS) is 17.8. The van der Waals surface area contributed by atoms with Crippen molar-refractivity contribution in [2.45, 2.75) is 115 Å². The van der Waals surface area contributed by atoms with Crippen molar-refractivity contribution < 1.29 is 58.4 Å². The second-order valence-electron chi connectivity index (χ2n) is 15.9. The van der Waals surface area contributed by atoms with Gasteiger partial charge in [0.1, 0.15) is 0 Å². The topological polar surface area (TPSA) is 318 Å². The van der Waals surface area contributed by atoms with E-state index in [-0.39, 0.29) is 50.2 Å². The Kier molecular flexibility index (Phi) is 27.0. The maximum atomic E-state index is 12.8. The third kappa shape index (κ3) is 20.1. The standard InChI is InChI=1S/C17H27N5O2S.C17H25N5O2S.C4H8O.2C2H4O2.Cu.O2/c2*1-2-19-16(22-13-17(12-20-22)8-3-4-9-17)21-25(23,24)15-7-5-6-14(10-15)11-18;1-2-4-5-3-1;2*1-2(3)4;;1-2/h5-7,10,20H,2-4,8-9,11-13,18H2,1H3,(H,19,21);5-7,10,12H,2-4,8-9,11,13,18H2,1H3,(H,19,21);1-4H2;2*1H3,(H,3,4);;. The maximum Gasteiger partial charge on any atom is 0.300 e. The number of benzene rings is 2. The molecule has 5 aliphatic rings. The molecule has 2 aromatic rings. The summed E-state index contributed by atoms with van der Waals surface area (Å²) in [7, 11) is -7.44. The molecule has 2 saturated heterocycles. The Labute approximate surface area is 399 Å². The van der Waals surface area contributed by atoms with Gasteiger partial charge < -0.3 is 26.4 Å². The number of nitrogens with two attached hydrogens (primary N) is 2. The molecule has 1 radical (unpaired) electrons. The molecule has 9 N–H and O–H groups in total. The number of nitrogens with one attached hydrogen (secondary N) is 3. The molecule has 2 aliphatic carbocycles. The number of guanidine groups is 2. The smallest absolute Gasteiger partial charge is 0.300 e. The first-order valence-corrected chi connectivity index (χ1v) is 24.6. The zero-order valence-corrected chi connectivity index (χ0v) is 40.8. The number of aliphatic carboxylic acids is 2. The summed E-state index contributed by atoms with van der Waals surface area (Å²) in [5.74, 6) is -1.02. The number of rotatable bonds is 8. The van der Waals surface area contributed by atoms with Gasteiger partial charge in [-0.3, -0.25) is 24.6 Å². The van der Waals surface area contributed by atoms with Crippen LogP contribution in [0.15, 0.2) is 73.4 Å². The molecule has 0 amide bonds. The van der Waals surface area contributed by atoms with Crippen molar-refractivity contribution >= 4 is 50.1 Å². The average Bonchev–Trinajstić information content (AvgIpc) is 4.16. The second-order valence-corrected chi connectivity index (χ2v) is 19.2. The zero-order chi connectivity index (χ0) is 48.5. The van der Waals surface area contributed by atoms with Crippen molar-refractivity contribution in [2.75, 3.05) is 45.9 Å². The number of nitrogens with zero attached hydrogens (tertiary/aromatic N) is 5. The number of carboxylic acid groups (broad SMARTS) is 2. The molecule has 0 aromatic heterocycles. The van der Waals surface area contributed by atoms with E-state index in [1.54, 1.807) is 47.5 Å². The van der Waals surface area contributed by atoms with Crippen LogP contribution in [-0.2, 0) is 64.5 Å². The van der Waals surface area contributed by atoms with Crippen LogP contribution in [0.3, 0.4) is 0 Å². The molecule has 375 valence electrons. The summed E-state index contributed by atoms with van der Waals surface area (Å²) >= 11 is 0. The van der Waals surface area contributed by atoms with Crippen LogP contribution in [0.1, 0.15) is 103 Å². The Morgan fingerprint density at radius 2 is 1.20 bits per heavy atom. The molecule has 21 nitrogen and oxygen atoms in total. The molecule has 4 fully saturated rings. The summed E-state index contributed by atoms with van der Waals surface area (Å²) in [6, 6.07) is 13.3. The zero-order valence-electron chi connectivity index (χ0n) is 38.2. The molecule has 2 spiro atoms. The first kappa shape index (κ1) is 59.5. The van der Waals surface area contributed by atoms with Gasteiger partial charge in [0.25, 0.3) is 32.0 Å². The van der Waals surface area contributed by atoms with Gasteiger partial charge in [-0.1, -0.05) is 49.9 Å². The molecule has 66 heavy (non-hydrogen) atoms. The summed E-state index contributed by atoms with van der Waals surface area (Å²) in [5, 5.41) is 22.8. The monoisotopic (exact) mass is 1020 g/mol. The van der Waals surface area contributed by atoms with Crippen LogP contribution < -0.4 is 26.3 Å². The van der Waals surface area contributed by atoms with Crippen molar-refractivity contribution in [1.82, 2.24) is 24.9 Å². The SMILES string of the molecule is C1CCOC1.CC(=O)O.CC(=O)O.CCN=C(NS(=O)(=O)c1cccc(CN)c1)N1CC2(C=N1)CCCC2.CCN=C(NS(=O)(=O)c1cccc(CN)c1)N1CC2(CCCC2)CN1.O=O.[Cu]. The van der Waals surface area contributed by atoms with Crippen molar-refractivity contribution in [2.24, 2.45) is 37.4 Å². The maximum absolute atomic E-state index is 12.8. The van der Waals surface area contributed by atoms with Crippen molar-refractivity contribution in [3.63, 3.8) is 0 Å². The number of sulfonamides is 2. The second kappa shape index (κ2) is 30.0. The fourth-order valence-electron chi connectivity index (χ4n) is 7.57. The van der Waals surface area contributed by atoms with E-state index in [0.717, 1.165) is 64.1 Å². The van der Waals surface area contributed by atoms with Gasteiger partial charge in [-0.25, -0.2) is 36.7 Å². The summed E-state index contributed by atoms with van der Waals surface area (Å²) in [6.07, 6.45) is 13.9. The van der Waals surface area contributed by atoms with Crippen LogP contribution in [0, 0.1) is 20.8 Å². The number of carbonyl (C=O) groups is 2. The number of ether oxygens (including phenoxy) is 1. The van der Waals surface area contributed by atoms with Crippen LogP contribution in [0.4, 0.5) is 0 Å². The van der Waals surface area contributed by atoms with Gasteiger partial charge in [0.15, 0.2) is 0 Å². The molecule has 0 atom stereocenters.